The second-order valence-corrected chi connectivity index (χ2v) is 5.84. The molecule has 0 spiro atoms. The lowest BCUT2D eigenvalue weighted by Gasteiger charge is -2.38. The molecule has 0 radical (unpaired) electrons. The minimum atomic E-state index is -1.50. The summed E-state index contributed by atoms with van der Waals surface area (Å²) >= 11 is 0. The highest BCUT2D eigenvalue weighted by molar-refractivity contribution is 6.15. The van der Waals surface area contributed by atoms with Crippen LogP contribution >= 0.6 is 0 Å². The first-order valence-corrected chi connectivity index (χ1v) is 6.91. The van der Waals surface area contributed by atoms with Gasteiger partial charge in [-0.1, -0.05) is 6.92 Å². The van der Waals surface area contributed by atoms with Gasteiger partial charge in [0.15, 0.2) is 5.41 Å². The van der Waals surface area contributed by atoms with Crippen molar-refractivity contribution in [2.45, 2.75) is 19.3 Å². The lowest BCUT2D eigenvalue weighted by Crippen LogP contribution is -2.90. The Hall–Kier alpha value is -2.16. The predicted octanol–water partition coefficient (Wildman–Crippen LogP) is -1.64. The summed E-state index contributed by atoms with van der Waals surface area (Å²) in [6.07, 6.45) is 0.455. The number of nitriles is 2. The molecule has 1 saturated carbocycles. The molecule has 3 atom stereocenters. The number of hydrogen-bond acceptors (Lipinski definition) is 7. The van der Waals surface area contributed by atoms with Gasteiger partial charge in [0.2, 0.25) is 5.41 Å². The number of rotatable bonds is 3. The SMILES string of the molecule is COC1(OC)[NH+]=C(N)[C@@]2(C#N)/C(=N\N(C)C)C[C@H](C)[C@@]12C#N. The van der Waals surface area contributed by atoms with Gasteiger partial charge in [0.1, 0.15) is 0 Å². The van der Waals surface area contributed by atoms with Crippen LogP contribution in [0, 0.1) is 39.4 Å². The zero-order valence-electron chi connectivity index (χ0n) is 13.5. The monoisotopic (exact) mass is 305 g/mol. The van der Waals surface area contributed by atoms with Crippen molar-refractivity contribution >= 4 is 11.5 Å². The highest BCUT2D eigenvalue weighted by Crippen LogP contribution is 2.60. The summed E-state index contributed by atoms with van der Waals surface area (Å²) in [5.41, 5.74) is 3.95. The molecular weight excluding hydrogens is 284 g/mol. The maximum Gasteiger partial charge on any atom is 0.342 e. The van der Waals surface area contributed by atoms with E-state index < -0.39 is 16.7 Å². The Morgan fingerprint density at radius 3 is 2.32 bits per heavy atom. The van der Waals surface area contributed by atoms with E-state index in [0.717, 1.165) is 0 Å². The fourth-order valence-corrected chi connectivity index (χ4v) is 3.85. The molecule has 1 heterocycles. The van der Waals surface area contributed by atoms with Crippen LogP contribution in [0.4, 0.5) is 0 Å². The van der Waals surface area contributed by atoms with Crippen LogP contribution in [0.25, 0.3) is 0 Å². The normalized spacial score (nSPS) is 37.3. The Kier molecular flexibility index (Phi) is 3.64. The Labute approximate surface area is 129 Å². The quantitative estimate of drug-likeness (QED) is 0.476. The fourth-order valence-electron chi connectivity index (χ4n) is 3.85. The number of ether oxygens (including phenoxy) is 2. The van der Waals surface area contributed by atoms with Gasteiger partial charge in [-0.2, -0.15) is 15.6 Å². The van der Waals surface area contributed by atoms with Gasteiger partial charge in [-0.05, 0) is 12.3 Å². The molecule has 1 aliphatic carbocycles. The average molecular weight is 305 g/mol. The number of nitrogens with two attached hydrogens (primary N) is 1. The summed E-state index contributed by atoms with van der Waals surface area (Å²) in [6, 6.07) is 4.50. The first-order chi connectivity index (χ1) is 10.3. The van der Waals surface area contributed by atoms with Crippen molar-refractivity contribution in [3.05, 3.63) is 0 Å². The second-order valence-electron chi connectivity index (χ2n) is 5.84. The maximum absolute atomic E-state index is 10.0. The Morgan fingerprint density at radius 1 is 1.32 bits per heavy atom. The number of nitrogens with one attached hydrogen (secondary N) is 1. The highest BCUT2D eigenvalue weighted by atomic mass is 16.7. The standard InChI is InChI=1S/C14H20N6O2/c1-9-6-10(19-20(2)3)12(7-15)11(17)18-14(21-4,22-5)13(9,12)8-16/h9H,6H2,1-5H3,(H2,17,18)/p+1/b19-10-/t9-,12+,13+/m0/s1. The molecule has 0 aromatic rings. The van der Waals surface area contributed by atoms with Gasteiger partial charge in [-0.3, -0.25) is 5.73 Å². The van der Waals surface area contributed by atoms with E-state index in [2.05, 4.69) is 22.2 Å². The van der Waals surface area contributed by atoms with Crippen molar-refractivity contribution in [2.24, 2.45) is 27.6 Å². The second kappa shape index (κ2) is 4.94. The van der Waals surface area contributed by atoms with E-state index in [1.807, 2.05) is 6.92 Å². The lowest BCUT2D eigenvalue weighted by molar-refractivity contribution is -0.692. The van der Waals surface area contributed by atoms with Crippen LogP contribution in [0.5, 0.6) is 0 Å². The third-order valence-corrected chi connectivity index (χ3v) is 4.73. The van der Waals surface area contributed by atoms with Crippen LogP contribution in [0.3, 0.4) is 0 Å². The summed E-state index contributed by atoms with van der Waals surface area (Å²) in [4.78, 5) is 2.89. The largest absolute Gasteiger partial charge is 0.342 e. The number of hydrazone groups is 1. The first-order valence-electron chi connectivity index (χ1n) is 6.91. The van der Waals surface area contributed by atoms with Gasteiger partial charge in [-0.25, -0.2) is 4.99 Å². The van der Waals surface area contributed by atoms with Crippen LogP contribution in [0.1, 0.15) is 13.3 Å². The molecule has 8 heteroatoms. The molecule has 0 unspecified atom stereocenters. The van der Waals surface area contributed by atoms with Crippen molar-refractivity contribution < 1.29 is 14.5 Å². The number of hydrogen-bond donors (Lipinski definition) is 2. The van der Waals surface area contributed by atoms with Crippen molar-refractivity contribution in [2.75, 3.05) is 28.3 Å². The van der Waals surface area contributed by atoms with Crippen molar-refractivity contribution in [3.63, 3.8) is 0 Å². The van der Waals surface area contributed by atoms with E-state index in [1.54, 1.807) is 19.1 Å². The molecule has 0 aromatic heterocycles. The zero-order chi connectivity index (χ0) is 16.8. The smallest absolute Gasteiger partial charge is 0.317 e. The molecule has 1 fully saturated rings. The van der Waals surface area contributed by atoms with Crippen LogP contribution in [-0.4, -0.2) is 50.8 Å². The molecule has 8 nitrogen and oxygen atoms in total. The van der Waals surface area contributed by atoms with E-state index in [0.29, 0.717) is 12.1 Å². The molecule has 0 bridgehead atoms. The fraction of sp³-hybridized carbons (Fsp3) is 0.714. The van der Waals surface area contributed by atoms with Gasteiger partial charge < -0.3 is 14.5 Å². The van der Waals surface area contributed by atoms with E-state index in [-0.39, 0.29) is 11.8 Å². The Balaban J connectivity index is 2.86. The lowest BCUT2D eigenvalue weighted by atomic mass is 9.62. The molecule has 22 heavy (non-hydrogen) atoms. The third kappa shape index (κ3) is 1.46. The number of methoxy groups -OCH3 is 2. The molecule has 0 aromatic carbocycles. The van der Waals surface area contributed by atoms with Crippen LogP contribution in [0.2, 0.25) is 0 Å². The summed E-state index contributed by atoms with van der Waals surface area (Å²) in [6.45, 7) is 1.88. The molecule has 118 valence electrons. The van der Waals surface area contributed by atoms with Crippen molar-refractivity contribution in [1.29, 1.82) is 10.5 Å². The number of amidine groups is 1. The van der Waals surface area contributed by atoms with Crippen molar-refractivity contribution in [1.82, 2.24) is 5.01 Å². The zero-order valence-corrected chi connectivity index (χ0v) is 13.5. The van der Waals surface area contributed by atoms with Gasteiger partial charge in [0.05, 0.1) is 17.9 Å². The molecule has 2 aliphatic rings. The summed E-state index contributed by atoms with van der Waals surface area (Å²) in [5.74, 6) is -1.61. The third-order valence-electron chi connectivity index (χ3n) is 4.73. The van der Waals surface area contributed by atoms with Gasteiger partial charge in [0, 0.05) is 28.3 Å². The molecule has 2 rings (SSSR count). The Bertz CT molecular complexity index is 624. The van der Waals surface area contributed by atoms with Crippen LogP contribution in [-0.2, 0) is 9.47 Å². The molecule has 3 N–H and O–H groups in total. The van der Waals surface area contributed by atoms with E-state index in [4.69, 9.17) is 15.2 Å². The molecule has 0 amide bonds. The molecule has 0 saturated heterocycles. The van der Waals surface area contributed by atoms with E-state index >= 15 is 0 Å². The number of nitrogens with zero attached hydrogens (tertiary/aromatic N) is 4. The molecular formula is C14H21N6O2+. The van der Waals surface area contributed by atoms with Gasteiger partial charge in [0.25, 0.3) is 5.84 Å². The summed E-state index contributed by atoms with van der Waals surface area (Å²) in [5, 5.41) is 26.0. The molecule has 1 aliphatic heterocycles. The summed E-state index contributed by atoms with van der Waals surface area (Å²) in [7, 11) is 6.36. The van der Waals surface area contributed by atoms with E-state index in [9.17, 15) is 10.5 Å². The van der Waals surface area contributed by atoms with Gasteiger partial charge >= 0.3 is 5.91 Å². The number of fused-ring (bicyclic) bond motifs is 1. The van der Waals surface area contributed by atoms with Crippen LogP contribution in [0.15, 0.2) is 5.10 Å². The van der Waals surface area contributed by atoms with E-state index in [1.165, 1.54) is 14.2 Å². The minimum Gasteiger partial charge on any atom is -0.317 e. The maximum atomic E-state index is 10.0. The van der Waals surface area contributed by atoms with Gasteiger partial charge in [-0.15, -0.1) is 0 Å². The van der Waals surface area contributed by atoms with Crippen molar-refractivity contribution in [3.8, 4) is 12.1 Å². The topological polar surface area (TPSA) is 122 Å². The Morgan fingerprint density at radius 2 is 1.91 bits per heavy atom. The first kappa shape index (κ1) is 16.2. The highest BCUT2D eigenvalue weighted by Gasteiger charge is 2.83. The van der Waals surface area contributed by atoms with Crippen LogP contribution < -0.4 is 10.7 Å². The minimum absolute atomic E-state index is 0.130. The average Bonchev–Trinajstić information content (AvgIpc) is 2.86. The summed E-state index contributed by atoms with van der Waals surface area (Å²) < 4.78 is 11.0. The predicted molar refractivity (Wildman–Crippen MR) is 77.9 cm³/mol.